The van der Waals surface area contributed by atoms with E-state index in [1.165, 1.54) is 0 Å². The Morgan fingerprint density at radius 1 is 1.25 bits per heavy atom. The van der Waals surface area contributed by atoms with Gasteiger partial charge in [-0.25, -0.2) is 4.68 Å². The number of nitrogen functional groups attached to an aromatic ring is 1. The van der Waals surface area contributed by atoms with Gasteiger partial charge in [-0.05, 0) is 12.1 Å². The number of nitrogens with zero attached hydrogens (tertiary/aromatic N) is 2. The summed E-state index contributed by atoms with van der Waals surface area (Å²) in [6.45, 7) is 6.11. The smallest absolute Gasteiger partial charge is 0.294 e. The molecule has 0 radical (unpaired) electrons. The second kappa shape index (κ2) is 4.74. The van der Waals surface area contributed by atoms with Crippen molar-refractivity contribution in [1.29, 1.82) is 0 Å². The zero-order chi connectivity index (χ0) is 15.1. The van der Waals surface area contributed by atoms with Gasteiger partial charge in [0, 0.05) is 18.5 Å². The minimum absolute atomic E-state index is 0.203. The summed E-state index contributed by atoms with van der Waals surface area (Å²) in [5, 5.41) is 0. The molecule has 0 spiro atoms. The highest BCUT2D eigenvalue weighted by Gasteiger charge is 2.26. The number of methoxy groups -OCH3 is 1. The number of benzene rings is 1. The number of rotatable bonds is 2. The van der Waals surface area contributed by atoms with Gasteiger partial charge in [0.2, 0.25) is 0 Å². The van der Waals surface area contributed by atoms with E-state index in [0.717, 1.165) is 11.4 Å². The lowest BCUT2D eigenvalue weighted by atomic mass is 9.91. The van der Waals surface area contributed by atoms with Gasteiger partial charge in [0.15, 0.2) is 0 Å². The van der Waals surface area contributed by atoms with Crippen molar-refractivity contribution in [3.05, 3.63) is 40.3 Å². The second-order valence-corrected chi connectivity index (χ2v) is 5.85. The van der Waals surface area contributed by atoms with Gasteiger partial charge in [0.05, 0.1) is 18.5 Å². The Hall–Kier alpha value is -2.17. The molecule has 0 amide bonds. The Labute approximate surface area is 118 Å². The predicted molar refractivity (Wildman–Crippen MR) is 80.7 cm³/mol. The summed E-state index contributed by atoms with van der Waals surface area (Å²) in [5.41, 5.74) is 7.46. The summed E-state index contributed by atoms with van der Waals surface area (Å²) >= 11 is 0. The summed E-state index contributed by atoms with van der Waals surface area (Å²) < 4.78 is 8.58. The maximum absolute atomic E-state index is 12.4. The highest BCUT2D eigenvalue weighted by molar-refractivity contribution is 5.49. The highest BCUT2D eigenvalue weighted by atomic mass is 16.5. The Bertz CT molecular complexity index is 690. The van der Waals surface area contributed by atoms with Crippen molar-refractivity contribution in [2.75, 3.05) is 12.8 Å². The first-order chi connectivity index (χ1) is 9.27. The maximum atomic E-state index is 12.4. The fraction of sp³-hybridized carbons (Fsp3) is 0.400. The molecule has 20 heavy (non-hydrogen) atoms. The average Bonchev–Trinajstić information content (AvgIpc) is 2.59. The van der Waals surface area contributed by atoms with Crippen LogP contribution < -0.4 is 16.0 Å². The standard InChI is InChI=1S/C15H21N3O2/c1-15(2,3)13-12(16)14(19)18(17(13)4)10-7-6-8-11(9-10)20-5/h6-9H,16H2,1-5H3. The molecule has 5 nitrogen and oxygen atoms in total. The first kappa shape index (κ1) is 14.2. The van der Waals surface area contributed by atoms with Crippen LogP contribution in [0.25, 0.3) is 5.69 Å². The monoisotopic (exact) mass is 275 g/mol. The van der Waals surface area contributed by atoms with Crippen LogP contribution in [0.1, 0.15) is 26.5 Å². The summed E-state index contributed by atoms with van der Waals surface area (Å²) in [7, 11) is 3.44. The van der Waals surface area contributed by atoms with E-state index in [9.17, 15) is 4.79 Å². The van der Waals surface area contributed by atoms with E-state index < -0.39 is 0 Å². The van der Waals surface area contributed by atoms with Crippen LogP contribution in [0.3, 0.4) is 0 Å². The minimum atomic E-state index is -0.206. The van der Waals surface area contributed by atoms with Crippen LogP contribution in [-0.2, 0) is 12.5 Å². The van der Waals surface area contributed by atoms with Gasteiger partial charge in [0.1, 0.15) is 11.4 Å². The largest absolute Gasteiger partial charge is 0.497 e. The topological polar surface area (TPSA) is 62.2 Å². The zero-order valence-electron chi connectivity index (χ0n) is 12.6. The van der Waals surface area contributed by atoms with Gasteiger partial charge in [-0.1, -0.05) is 26.8 Å². The molecule has 1 aromatic heterocycles. The highest BCUT2D eigenvalue weighted by Crippen LogP contribution is 2.27. The fourth-order valence-electron chi connectivity index (χ4n) is 2.55. The number of nitrogens with two attached hydrogens (primary N) is 1. The van der Waals surface area contributed by atoms with Crippen molar-refractivity contribution in [3.63, 3.8) is 0 Å². The van der Waals surface area contributed by atoms with E-state index in [1.54, 1.807) is 11.8 Å². The van der Waals surface area contributed by atoms with Gasteiger partial charge in [-0.3, -0.25) is 9.48 Å². The van der Waals surface area contributed by atoms with E-state index in [-0.39, 0.29) is 11.0 Å². The van der Waals surface area contributed by atoms with Crippen LogP contribution >= 0.6 is 0 Å². The summed E-state index contributed by atoms with van der Waals surface area (Å²) in [6.07, 6.45) is 0. The molecule has 0 saturated heterocycles. The molecule has 0 saturated carbocycles. The van der Waals surface area contributed by atoms with E-state index >= 15 is 0 Å². The average molecular weight is 275 g/mol. The molecule has 2 rings (SSSR count). The van der Waals surface area contributed by atoms with E-state index in [0.29, 0.717) is 11.4 Å². The molecule has 2 N–H and O–H groups in total. The van der Waals surface area contributed by atoms with Crippen LogP contribution in [0.15, 0.2) is 29.1 Å². The van der Waals surface area contributed by atoms with Crippen molar-refractivity contribution in [1.82, 2.24) is 9.36 Å². The Balaban J connectivity index is 2.73. The molecule has 0 aliphatic heterocycles. The predicted octanol–water partition coefficient (Wildman–Crippen LogP) is 2.06. The van der Waals surface area contributed by atoms with Crippen LogP contribution in [0.5, 0.6) is 5.75 Å². The quantitative estimate of drug-likeness (QED) is 0.912. The first-order valence-electron chi connectivity index (χ1n) is 6.49. The second-order valence-electron chi connectivity index (χ2n) is 5.85. The molecular weight excluding hydrogens is 254 g/mol. The van der Waals surface area contributed by atoms with Crippen LogP contribution in [-0.4, -0.2) is 16.5 Å². The molecule has 0 unspecified atom stereocenters. The van der Waals surface area contributed by atoms with Gasteiger partial charge in [-0.2, -0.15) is 0 Å². The number of aromatic nitrogens is 2. The van der Waals surface area contributed by atoms with Gasteiger partial charge in [0.25, 0.3) is 5.56 Å². The number of ether oxygens (including phenoxy) is 1. The molecule has 0 aliphatic carbocycles. The lowest BCUT2D eigenvalue weighted by molar-refractivity contribution is 0.414. The van der Waals surface area contributed by atoms with Crippen LogP contribution in [0.4, 0.5) is 5.69 Å². The van der Waals surface area contributed by atoms with Crippen LogP contribution in [0, 0.1) is 0 Å². The Kier molecular flexibility index (Phi) is 3.38. The number of anilines is 1. The summed E-state index contributed by atoms with van der Waals surface area (Å²) in [4.78, 5) is 12.4. The maximum Gasteiger partial charge on any atom is 0.294 e. The van der Waals surface area contributed by atoms with Crippen molar-refractivity contribution >= 4 is 5.69 Å². The summed E-state index contributed by atoms with van der Waals surface area (Å²) in [6, 6.07) is 7.36. The van der Waals surface area contributed by atoms with E-state index in [2.05, 4.69) is 0 Å². The third kappa shape index (κ3) is 2.19. The third-order valence-electron chi connectivity index (χ3n) is 3.31. The Morgan fingerprint density at radius 2 is 1.90 bits per heavy atom. The normalized spacial score (nSPS) is 11.7. The molecule has 0 aliphatic rings. The first-order valence-corrected chi connectivity index (χ1v) is 6.49. The third-order valence-corrected chi connectivity index (χ3v) is 3.31. The molecular formula is C15H21N3O2. The molecule has 5 heteroatoms. The van der Waals surface area contributed by atoms with Gasteiger partial charge in [-0.15, -0.1) is 0 Å². The fourth-order valence-corrected chi connectivity index (χ4v) is 2.55. The Morgan fingerprint density at radius 3 is 2.40 bits per heavy atom. The van der Waals surface area contributed by atoms with Crippen LogP contribution in [0.2, 0.25) is 0 Å². The van der Waals surface area contributed by atoms with Gasteiger partial charge >= 0.3 is 0 Å². The molecule has 2 aromatic rings. The molecule has 1 heterocycles. The van der Waals surface area contributed by atoms with Crippen molar-refractivity contribution in [2.45, 2.75) is 26.2 Å². The summed E-state index contributed by atoms with van der Waals surface area (Å²) in [5.74, 6) is 0.700. The molecule has 0 atom stereocenters. The SMILES string of the molecule is COc1cccc(-n2c(=O)c(N)c(C(C)(C)C)n2C)c1. The van der Waals surface area contributed by atoms with Crippen molar-refractivity contribution in [3.8, 4) is 11.4 Å². The van der Waals surface area contributed by atoms with Crippen molar-refractivity contribution in [2.24, 2.45) is 7.05 Å². The number of hydrogen-bond donors (Lipinski definition) is 1. The molecule has 0 bridgehead atoms. The minimum Gasteiger partial charge on any atom is -0.497 e. The van der Waals surface area contributed by atoms with Gasteiger partial charge < -0.3 is 10.5 Å². The number of hydrogen-bond acceptors (Lipinski definition) is 3. The van der Waals surface area contributed by atoms with E-state index in [4.69, 9.17) is 10.5 Å². The molecule has 0 fully saturated rings. The van der Waals surface area contributed by atoms with E-state index in [1.807, 2.05) is 56.8 Å². The molecule has 1 aromatic carbocycles. The lowest BCUT2D eigenvalue weighted by Crippen LogP contribution is -2.22. The van der Waals surface area contributed by atoms with Crippen molar-refractivity contribution < 1.29 is 4.74 Å². The molecule has 108 valence electrons. The zero-order valence-corrected chi connectivity index (χ0v) is 12.6. The lowest BCUT2D eigenvalue weighted by Gasteiger charge is -2.21.